The summed E-state index contributed by atoms with van der Waals surface area (Å²) in [7, 11) is 1.41. The van der Waals surface area contributed by atoms with Crippen molar-refractivity contribution >= 4 is 5.69 Å². The van der Waals surface area contributed by atoms with Crippen molar-refractivity contribution in [3.63, 3.8) is 0 Å². The summed E-state index contributed by atoms with van der Waals surface area (Å²) in [5.74, 6) is 0. The van der Waals surface area contributed by atoms with E-state index in [4.69, 9.17) is 10.00 Å². The van der Waals surface area contributed by atoms with E-state index in [1.165, 1.54) is 31.4 Å². The molecule has 1 aromatic rings. The fourth-order valence-corrected chi connectivity index (χ4v) is 1.03. The summed E-state index contributed by atoms with van der Waals surface area (Å²) in [5.41, 5.74) is 0.613. The van der Waals surface area contributed by atoms with E-state index in [0.717, 1.165) is 0 Å². The summed E-state index contributed by atoms with van der Waals surface area (Å²) in [6.07, 6.45) is -0.671. The predicted molar refractivity (Wildman–Crippen MR) is 48.5 cm³/mol. The summed E-state index contributed by atoms with van der Waals surface area (Å²) in [5, 5.41) is 19.0. The number of benzene rings is 1. The SMILES string of the molecule is CO[C@@H](C#N)c1ccc([N+](=O)[O-])cc1. The monoisotopic (exact) mass is 192 g/mol. The van der Waals surface area contributed by atoms with E-state index in [1.54, 1.807) is 0 Å². The molecule has 5 heteroatoms. The molecule has 0 fully saturated rings. The number of nitrogens with zero attached hydrogens (tertiary/aromatic N) is 2. The van der Waals surface area contributed by atoms with Crippen LogP contribution in [0.5, 0.6) is 0 Å². The second-order valence-electron chi connectivity index (χ2n) is 2.59. The highest BCUT2D eigenvalue weighted by molar-refractivity contribution is 5.35. The zero-order chi connectivity index (χ0) is 10.6. The van der Waals surface area contributed by atoms with Crippen LogP contribution in [0.3, 0.4) is 0 Å². The maximum atomic E-state index is 10.3. The Morgan fingerprint density at radius 2 is 2.07 bits per heavy atom. The molecule has 0 saturated carbocycles. The fourth-order valence-electron chi connectivity index (χ4n) is 1.03. The average molecular weight is 192 g/mol. The highest BCUT2D eigenvalue weighted by Crippen LogP contribution is 2.19. The molecule has 5 nitrogen and oxygen atoms in total. The number of non-ortho nitro benzene ring substituents is 1. The lowest BCUT2D eigenvalue weighted by molar-refractivity contribution is -0.384. The Hall–Kier alpha value is -1.93. The Labute approximate surface area is 80.7 Å². The smallest absolute Gasteiger partial charge is 0.269 e. The molecule has 0 bridgehead atoms. The first-order valence-corrected chi connectivity index (χ1v) is 3.86. The minimum Gasteiger partial charge on any atom is -0.362 e. The second-order valence-corrected chi connectivity index (χ2v) is 2.59. The van der Waals surface area contributed by atoms with Gasteiger partial charge in [0.2, 0.25) is 0 Å². The Bertz CT molecular complexity index is 367. The molecule has 0 aliphatic carbocycles. The minimum absolute atomic E-state index is 0.00143. The first-order valence-electron chi connectivity index (χ1n) is 3.86. The summed E-state index contributed by atoms with van der Waals surface area (Å²) < 4.78 is 4.85. The normalized spacial score (nSPS) is 11.7. The number of hydrogen-bond donors (Lipinski definition) is 0. The van der Waals surface area contributed by atoms with Gasteiger partial charge in [-0.1, -0.05) is 0 Å². The van der Waals surface area contributed by atoms with E-state index >= 15 is 0 Å². The van der Waals surface area contributed by atoms with Gasteiger partial charge in [-0.2, -0.15) is 5.26 Å². The lowest BCUT2D eigenvalue weighted by Gasteiger charge is -2.05. The van der Waals surface area contributed by atoms with E-state index in [1.807, 2.05) is 6.07 Å². The molecular formula is C9H8N2O3. The van der Waals surface area contributed by atoms with Crippen molar-refractivity contribution < 1.29 is 9.66 Å². The van der Waals surface area contributed by atoms with Gasteiger partial charge in [-0.25, -0.2) is 0 Å². The summed E-state index contributed by atoms with van der Waals surface area (Å²) in [6.45, 7) is 0. The molecule has 0 saturated heterocycles. The van der Waals surface area contributed by atoms with Crippen LogP contribution >= 0.6 is 0 Å². The van der Waals surface area contributed by atoms with Crippen molar-refractivity contribution in [3.8, 4) is 6.07 Å². The van der Waals surface area contributed by atoms with E-state index in [-0.39, 0.29) is 5.69 Å². The van der Waals surface area contributed by atoms with Gasteiger partial charge in [-0.15, -0.1) is 0 Å². The van der Waals surface area contributed by atoms with Crippen LogP contribution in [0, 0.1) is 21.4 Å². The molecule has 0 aliphatic heterocycles. The number of ether oxygens (including phenoxy) is 1. The molecule has 0 spiro atoms. The third-order valence-corrected chi connectivity index (χ3v) is 1.76. The van der Waals surface area contributed by atoms with Crippen LogP contribution in [-0.2, 0) is 4.74 Å². The van der Waals surface area contributed by atoms with Gasteiger partial charge >= 0.3 is 0 Å². The fraction of sp³-hybridized carbons (Fsp3) is 0.222. The van der Waals surface area contributed by atoms with E-state index in [2.05, 4.69) is 0 Å². The minimum atomic E-state index is -0.671. The van der Waals surface area contributed by atoms with Gasteiger partial charge in [0.25, 0.3) is 5.69 Å². The molecule has 0 unspecified atom stereocenters. The van der Waals surface area contributed by atoms with Gasteiger partial charge in [0.05, 0.1) is 11.0 Å². The van der Waals surface area contributed by atoms with Crippen LogP contribution in [0.1, 0.15) is 11.7 Å². The van der Waals surface area contributed by atoms with Crippen LogP contribution in [-0.4, -0.2) is 12.0 Å². The first kappa shape index (κ1) is 10.2. The molecule has 1 rings (SSSR count). The molecular weight excluding hydrogens is 184 g/mol. The van der Waals surface area contributed by atoms with Crippen molar-refractivity contribution in [2.45, 2.75) is 6.10 Å². The number of rotatable bonds is 3. The molecule has 0 radical (unpaired) electrons. The maximum absolute atomic E-state index is 10.3. The summed E-state index contributed by atoms with van der Waals surface area (Å²) >= 11 is 0. The van der Waals surface area contributed by atoms with Crippen molar-refractivity contribution in [1.29, 1.82) is 5.26 Å². The maximum Gasteiger partial charge on any atom is 0.269 e. The molecule has 1 atom stereocenters. The standard InChI is InChI=1S/C9H8N2O3/c1-14-9(6-10)7-2-4-8(5-3-7)11(12)13/h2-5,9H,1H3/t9-/m0/s1. The largest absolute Gasteiger partial charge is 0.362 e. The van der Waals surface area contributed by atoms with Crippen LogP contribution in [0.4, 0.5) is 5.69 Å². The van der Waals surface area contributed by atoms with E-state index in [9.17, 15) is 10.1 Å². The molecule has 0 aliphatic rings. The van der Waals surface area contributed by atoms with Crippen molar-refractivity contribution in [1.82, 2.24) is 0 Å². The average Bonchev–Trinajstić information content (AvgIpc) is 2.20. The second kappa shape index (κ2) is 4.35. The van der Waals surface area contributed by atoms with Gasteiger partial charge in [0, 0.05) is 19.2 Å². The zero-order valence-electron chi connectivity index (χ0n) is 7.51. The third-order valence-electron chi connectivity index (χ3n) is 1.76. The van der Waals surface area contributed by atoms with Gasteiger partial charge in [-0.05, 0) is 17.7 Å². The van der Waals surface area contributed by atoms with Crippen LogP contribution in [0.15, 0.2) is 24.3 Å². The molecule has 0 N–H and O–H groups in total. The Kier molecular flexibility index (Phi) is 3.15. The third kappa shape index (κ3) is 2.06. The molecule has 0 amide bonds. The number of nitro benzene ring substituents is 1. The lowest BCUT2D eigenvalue weighted by Crippen LogP contribution is -1.98. The summed E-state index contributed by atoms with van der Waals surface area (Å²) in [6, 6.07) is 7.64. The van der Waals surface area contributed by atoms with Gasteiger partial charge in [0.1, 0.15) is 0 Å². The van der Waals surface area contributed by atoms with Crippen LogP contribution in [0.2, 0.25) is 0 Å². The van der Waals surface area contributed by atoms with Gasteiger partial charge in [0.15, 0.2) is 6.10 Å². The van der Waals surface area contributed by atoms with Gasteiger partial charge < -0.3 is 4.74 Å². The Balaban J connectivity index is 2.94. The van der Waals surface area contributed by atoms with Gasteiger partial charge in [-0.3, -0.25) is 10.1 Å². The highest BCUT2D eigenvalue weighted by atomic mass is 16.6. The van der Waals surface area contributed by atoms with E-state index in [0.29, 0.717) is 5.56 Å². The molecule has 0 heterocycles. The number of methoxy groups -OCH3 is 1. The summed E-state index contributed by atoms with van der Waals surface area (Å²) in [4.78, 5) is 9.84. The molecule has 1 aromatic carbocycles. The Morgan fingerprint density at radius 1 is 1.50 bits per heavy atom. The number of nitro groups is 1. The van der Waals surface area contributed by atoms with Crippen molar-refractivity contribution in [2.75, 3.05) is 7.11 Å². The highest BCUT2D eigenvalue weighted by Gasteiger charge is 2.10. The van der Waals surface area contributed by atoms with Crippen molar-refractivity contribution in [3.05, 3.63) is 39.9 Å². The van der Waals surface area contributed by atoms with Crippen LogP contribution in [0.25, 0.3) is 0 Å². The molecule has 72 valence electrons. The quantitative estimate of drug-likeness (QED) is 0.540. The topological polar surface area (TPSA) is 76.2 Å². The number of nitriles is 1. The molecule has 14 heavy (non-hydrogen) atoms. The van der Waals surface area contributed by atoms with E-state index < -0.39 is 11.0 Å². The predicted octanol–water partition coefficient (Wildman–Crippen LogP) is 1.81. The Morgan fingerprint density at radius 3 is 2.43 bits per heavy atom. The number of hydrogen-bond acceptors (Lipinski definition) is 4. The molecule has 0 aromatic heterocycles. The first-order chi connectivity index (χ1) is 6.69. The lowest BCUT2D eigenvalue weighted by atomic mass is 10.1. The van der Waals surface area contributed by atoms with Crippen LogP contribution < -0.4 is 0 Å². The zero-order valence-corrected chi connectivity index (χ0v) is 7.51. The van der Waals surface area contributed by atoms with Crippen molar-refractivity contribution in [2.24, 2.45) is 0 Å².